The minimum atomic E-state index is -3.96. The first-order valence-electron chi connectivity index (χ1n) is 12.8. The summed E-state index contributed by atoms with van der Waals surface area (Å²) < 4.78 is 26.8. The summed E-state index contributed by atoms with van der Waals surface area (Å²) in [5.41, 5.74) is 2.18. The highest BCUT2D eigenvalue weighted by Crippen LogP contribution is 2.31. The maximum absolute atomic E-state index is 14.1. The molecule has 1 unspecified atom stereocenters. The lowest BCUT2D eigenvalue weighted by Gasteiger charge is -2.35. The Kier molecular flexibility index (Phi) is 10.3. The fourth-order valence-electron chi connectivity index (χ4n) is 4.29. The third kappa shape index (κ3) is 8.98. The molecule has 0 aliphatic rings. The van der Waals surface area contributed by atoms with Crippen LogP contribution in [0.1, 0.15) is 37.5 Å². The minimum Gasteiger partial charge on any atom is -0.350 e. The van der Waals surface area contributed by atoms with E-state index >= 15 is 0 Å². The molecule has 2 amide bonds. The van der Waals surface area contributed by atoms with Crippen LogP contribution in [0.25, 0.3) is 0 Å². The smallest absolute Gasteiger partial charge is 0.244 e. The fraction of sp³-hybridized carbons (Fsp3) is 0.333. The molecular formula is C30H35Cl2N3O4S. The van der Waals surface area contributed by atoms with Crippen molar-refractivity contribution in [1.82, 2.24) is 10.2 Å². The van der Waals surface area contributed by atoms with Gasteiger partial charge in [0.05, 0.1) is 17.0 Å². The van der Waals surface area contributed by atoms with Crippen molar-refractivity contribution in [3.63, 3.8) is 0 Å². The molecule has 3 aromatic carbocycles. The average Bonchev–Trinajstić information content (AvgIpc) is 2.85. The van der Waals surface area contributed by atoms with Gasteiger partial charge in [-0.3, -0.25) is 13.9 Å². The second-order valence-corrected chi connectivity index (χ2v) is 13.6. The number of amides is 2. The van der Waals surface area contributed by atoms with Crippen molar-refractivity contribution >= 4 is 50.7 Å². The Labute approximate surface area is 247 Å². The van der Waals surface area contributed by atoms with Gasteiger partial charge in [0.25, 0.3) is 0 Å². The van der Waals surface area contributed by atoms with E-state index in [9.17, 15) is 18.0 Å². The van der Waals surface area contributed by atoms with E-state index < -0.39 is 34.1 Å². The van der Waals surface area contributed by atoms with Crippen LogP contribution in [0.5, 0.6) is 0 Å². The molecule has 0 spiro atoms. The standard InChI is InChI=1S/C30H35Cl2N3O4S/c1-21-10-9-13-23(16-21)19-34(27(29(37)33-30(2,3)4)17-22-11-7-6-8-12-22)28(36)20-35(40(5,38)39)26-18-24(31)14-15-25(26)32/h6-16,18,27H,17,19-20H2,1-5H3,(H,33,37). The van der Waals surface area contributed by atoms with Crippen molar-refractivity contribution in [3.05, 3.63) is 99.5 Å². The number of nitrogens with one attached hydrogen (secondary N) is 1. The Hall–Kier alpha value is -3.07. The summed E-state index contributed by atoms with van der Waals surface area (Å²) in [6.45, 7) is 7.06. The van der Waals surface area contributed by atoms with Gasteiger partial charge in [-0.2, -0.15) is 0 Å². The zero-order valence-corrected chi connectivity index (χ0v) is 25.6. The van der Waals surface area contributed by atoms with Crippen LogP contribution in [0.3, 0.4) is 0 Å². The molecule has 214 valence electrons. The normalized spacial score (nSPS) is 12.5. The van der Waals surface area contributed by atoms with Crippen LogP contribution in [0, 0.1) is 6.92 Å². The molecule has 0 heterocycles. The third-order valence-electron chi connectivity index (χ3n) is 6.06. The molecule has 1 atom stereocenters. The van der Waals surface area contributed by atoms with Gasteiger partial charge >= 0.3 is 0 Å². The van der Waals surface area contributed by atoms with Gasteiger partial charge in [0.15, 0.2) is 0 Å². The summed E-state index contributed by atoms with van der Waals surface area (Å²) in [5, 5.41) is 3.39. The number of benzene rings is 3. The van der Waals surface area contributed by atoms with Crippen LogP contribution < -0.4 is 9.62 Å². The Balaban J connectivity index is 2.10. The molecule has 40 heavy (non-hydrogen) atoms. The number of hydrogen-bond donors (Lipinski definition) is 1. The average molecular weight is 605 g/mol. The molecule has 3 rings (SSSR count). The molecule has 1 N–H and O–H groups in total. The van der Waals surface area contributed by atoms with Gasteiger partial charge in [-0.05, 0) is 57.0 Å². The summed E-state index contributed by atoms with van der Waals surface area (Å²) in [7, 11) is -3.96. The van der Waals surface area contributed by atoms with Crippen LogP contribution in [0.2, 0.25) is 10.0 Å². The predicted octanol–water partition coefficient (Wildman–Crippen LogP) is 5.62. The molecule has 0 radical (unpaired) electrons. The van der Waals surface area contributed by atoms with E-state index in [0.29, 0.717) is 0 Å². The number of rotatable bonds is 10. The Morgan fingerprint density at radius 3 is 2.17 bits per heavy atom. The third-order valence-corrected chi connectivity index (χ3v) is 7.74. The molecular weight excluding hydrogens is 569 g/mol. The van der Waals surface area contributed by atoms with E-state index in [1.54, 1.807) is 0 Å². The molecule has 0 aliphatic carbocycles. The minimum absolute atomic E-state index is 0.0827. The van der Waals surface area contributed by atoms with Crippen molar-refractivity contribution in [2.45, 2.75) is 52.2 Å². The first-order chi connectivity index (χ1) is 18.6. The monoisotopic (exact) mass is 603 g/mol. The summed E-state index contributed by atoms with van der Waals surface area (Å²) in [6, 6.07) is 20.5. The Bertz CT molecular complexity index is 1460. The maximum Gasteiger partial charge on any atom is 0.244 e. The van der Waals surface area contributed by atoms with Crippen LogP contribution in [0.15, 0.2) is 72.8 Å². The highest BCUT2D eigenvalue weighted by Gasteiger charge is 2.34. The van der Waals surface area contributed by atoms with Gasteiger partial charge < -0.3 is 10.2 Å². The van der Waals surface area contributed by atoms with Gasteiger partial charge in [0.1, 0.15) is 12.6 Å². The molecule has 10 heteroatoms. The number of carbonyl (C=O) groups excluding carboxylic acids is 2. The van der Waals surface area contributed by atoms with Gasteiger partial charge in [-0.1, -0.05) is 83.4 Å². The summed E-state index contributed by atoms with van der Waals surface area (Å²) in [6.07, 6.45) is 1.23. The predicted molar refractivity (Wildman–Crippen MR) is 162 cm³/mol. The first kappa shape index (κ1) is 31.5. The van der Waals surface area contributed by atoms with Gasteiger partial charge in [0.2, 0.25) is 21.8 Å². The van der Waals surface area contributed by atoms with E-state index in [4.69, 9.17) is 23.2 Å². The summed E-state index contributed by atoms with van der Waals surface area (Å²) in [4.78, 5) is 29.3. The maximum atomic E-state index is 14.1. The molecule has 7 nitrogen and oxygen atoms in total. The van der Waals surface area contributed by atoms with Crippen LogP contribution in [-0.2, 0) is 32.6 Å². The summed E-state index contributed by atoms with van der Waals surface area (Å²) >= 11 is 12.5. The fourth-order valence-corrected chi connectivity index (χ4v) is 5.58. The van der Waals surface area contributed by atoms with E-state index in [2.05, 4.69) is 5.32 Å². The van der Waals surface area contributed by atoms with E-state index in [-0.39, 0.29) is 34.6 Å². The Morgan fingerprint density at radius 1 is 0.925 bits per heavy atom. The SMILES string of the molecule is Cc1cccc(CN(C(=O)CN(c2cc(Cl)ccc2Cl)S(C)(=O)=O)C(Cc2ccccc2)C(=O)NC(C)(C)C)c1. The zero-order valence-electron chi connectivity index (χ0n) is 23.3. The van der Waals surface area contributed by atoms with E-state index in [0.717, 1.165) is 27.3 Å². The number of halogens is 2. The van der Waals surface area contributed by atoms with Gasteiger partial charge in [0, 0.05) is 23.5 Å². The summed E-state index contributed by atoms with van der Waals surface area (Å²) in [5.74, 6) is -0.906. The number of hydrogen-bond acceptors (Lipinski definition) is 4. The topological polar surface area (TPSA) is 86.8 Å². The first-order valence-corrected chi connectivity index (χ1v) is 15.4. The van der Waals surface area contributed by atoms with Crippen molar-refractivity contribution < 1.29 is 18.0 Å². The lowest BCUT2D eigenvalue weighted by Crippen LogP contribution is -2.56. The van der Waals surface area contributed by atoms with E-state index in [1.807, 2.05) is 82.3 Å². The molecule has 0 aliphatic heterocycles. The quantitative estimate of drug-likeness (QED) is 0.326. The highest BCUT2D eigenvalue weighted by atomic mass is 35.5. The number of sulfonamides is 1. The van der Waals surface area contributed by atoms with Crippen LogP contribution in [0.4, 0.5) is 5.69 Å². The van der Waals surface area contributed by atoms with Gasteiger partial charge in [-0.25, -0.2) is 8.42 Å². The molecule has 0 saturated heterocycles. The Morgan fingerprint density at radius 2 is 1.57 bits per heavy atom. The van der Waals surface area contributed by atoms with Crippen molar-refractivity contribution in [2.24, 2.45) is 0 Å². The number of aryl methyl sites for hydroxylation is 1. The second kappa shape index (κ2) is 13.1. The molecule has 0 fully saturated rings. The lowest BCUT2D eigenvalue weighted by atomic mass is 10.0. The van der Waals surface area contributed by atoms with Crippen molar-refractivity contribution in [3.8, 4) is 0 Å². The second-order valence-electron chi connectivity index (χ2n) is 10.8. The lowest BCUT2D eigenvalue weighted by molar-refractivity contribution is -0.140. The number of nitrogens with zero attached hydrogens (tertiary/aromatic N) is 2. The van der Waals surface area contributed by atoms with E-state index in [1.165, 1.54) is 23.1 Å². The van der Waals surface area contributed by atoms with Crippen LogP contribution >= 0.6 is 23.2 Å². The molecule has 0 saturated carbocycles. The van der Waals surface area contributed by atoms with Crippen molar-refractivity contribution in [2.75, 3.05) is 17.1 Å². The molecule has 0 bridgehead atoms. The van der Waals surface area contributed by atoms with Crippen LogP contribution in [-0.4, -0.2) is 49.5 Å². The van der Waals surface area contributed by atoms with Crippen molar-refractivity contribution in [1.29, 1.82) is 0 Å². The highest BCUT2D eigenvalue weighted by molar-refractivity contribution is 7.92. The number of carbonyl (C=O) groups is 2. The largest absolute Gasteiger partial charge is 0.350 e. The molecule has 3 aromatic rings. The number of anilines is 1. The zero-order chi connectivity index (χ0) is 29.7. The van der Waals surface area contributed by atoms with Gasteiger partial charge in [-0.15, -0.1) is 0 Å². The molecule has 0 aromatic heterocycles.